The molecule has 0 aromatic carbocycles. The molecule has 3 heterocycles. The third-order valence-electron chi connectivity index (χ3n) is 5.32. The summed E-state index contributed by atoms with van der Waals surface area (Å²) in [5.74, 6) is 1.14. The number of thiophene rings is 1. The highest BCUT2D eigenvalue weighted by atomic mass is 32.2. The minimum absolute atomic E-state index is 0.256. The van der Waals surface area contributed by atoms with Gasteiger partial charge < -0.3 is 10.0 Å². The van der Waals surface area contributed by atoms with Gasteiger partial charge in [-0.25, -0.2) is 9.97 Å². The SMILES string of the molecule is CSc1nc(N2CCCCC2CCO)c2c3c(sc2n1)CCCC3. The van der Waals surface area contributed by atoms with E-state index in [1.54, 1.807) is 11.8 Å². The van der Waals surface area contributed by atoms with Crippen molar-refractivity contribution in [1.29, 1.82) is 0 Å². The molecule has 4 rings (SSSR count). The van der Waals surface area contributed by atoms with E-state index in [4.69, 9.17) is 9.97 Å². The summed E-state index contributed by atoms with van der Waals surface area (Å²) in [6.07, 6.45) is 11.5. The molecule has 2 aromatic rings. The number of hydrogen-bond donors (Lipinski definition) is 1. The van der Waals surface area contributed by atoms with Crippen LogP contribution >= 0.6 is 23.1 Å². The van der Waals surface area contributed by atoms with Crippen molar-refractivity contribution in [3.05, 3.63) is 10.4 Å². The van der Waals surface area contributed by atoms with Crippen molar-refractivity contribution in [2.24, 2.45) is 0 Å². The van der Waals surface area contributed by atoms with E-state index in [0.717, 1.165) is 30.4 Å². The number of rotatable bonds is 4. The van der Waals surface area contributed by atoms with Gasteiger partial charge in [0.1, 0.15) is 10.6 Å². The number of aliphatic hydroxyl groups is 1. The van der Waals surface area contributed by atoms with Gasteiger partial charge in [0.15, 0.2) is 5.16 Å². The Morgan fingerprint density at radius 2 is 2.08 bits per heavy atom. The van der Waals surface area contributed by atoms with Crippen LogP contribution < -0.4 is 4.90 Å². The van der Waals surface area contributed by atoms with Crippen LogP contribution in [0, 0.1) is 0 Å². The Balaban J connectivity index is 1.87. The first kappa shape index (κ1) is 16.6. The van der Waals surface area contributed by atoms with Crippen LogP contribution in [-0.2, 0) is 12.8 Å². The van der Waals surface area contributed by atoms with Gasteiger partial charge in [0.2, 0.25) is 0 Å². The number of aryl methyl sites for hydroxylation is 2. The minimum Gasteiger partial charge on any atom is -0.396 e. The molecule has 0 amide bonds. The Hall–Kier alpha value is -0.850. The van der Waals surface area contributed by atoms with E-state index in [2.05, 4.69) is 11.2 Å². The molecule has 1 saturated heterocycles. The molecule has 1 aliphatic carbocycles. The van der Waals surface area contributed by atoms with E-state index in [9.17, 15) is 5.11 Å². The van der Waals surface area contributed by atoms with Gasteiger partial charge in [-0.2, -0.15) is 0 Å². The Kier molecular flexibility index (Phi) is 4.97. The van der Waals surface area contributed by atoms with E-state index in [0.29, 0.717) is 6.04 Å². The summed E-state index contributed by atoms with van der Waals surface area (Å²) in [4.78, 5) is 15.0. The average molecular weight is 364 g/mol. The number of nitrogens with zero attached hydrogens (tertiary/aromatic N) is 3. The lowest BCUT2D eigenvalue weighted by atomic mass is 9.95. The number of fused-ring (bicyclic) bond motifs is 3. The summed E-state index contributed by atoms with van der Waals surface area (Å²) in [5.41, 5.74) is 1.51. The van der Waals surface area contributed by atoms with Crippen LogP contribution in [0.2, 0.25) is 0 Å². The number of thioether (sulfide) groups is 1. The average Bonchev–Trinajstić information content (AvgIpc) is 3.00. The van der Waals surface area contributed by atoms with E-state index in [1.165, 1.54) is 59.2 Å². The van der Waals surface area contributed by atoms with Crippen molar-refractivity contribution in [3.63, 3.8) is 0 Å². The van der Waals surface area contributed by atoms with Gasteiger partial charge in [-0.05, 0) is 63.2 Å². The quantitative estimate of drug-likeness (QED) is 0.656. The third-order valence-corrected chi connectivity index (χ3v) is 7.05. The summed E-state index contributed by atoms with van der Waals surface area (Å²) in [7, 11) is 0. The summed E-state index contributed by atoms with van der Waals surface area (Å²) in [6, 6.07) is 0.413. The molecule has 1 fully saturated rings. The molecule has 0 radical (unpaired) electrons. The molecule has 1 atom stereocenters. The molecule has 1 unspecified atom stereocenters. The minimum atomic E-state index is 0.256. The smallest absolute Gasteiger partial charge is 0.190 e. The zero-order chi connectivity index (χ0) is 16.5. The molecule has 0 bridgehead atoms. The van der Waals surface area contributed by atoms with Crippen LogP contribution in [0.25, 0.3) is 10.2 Å². The molecular weight excluding hydrogens is 338 g/mol. The van der Waals surface area contributed by atoms with Gasteiger partial charge >= 0.3 is 0 Å². The van der Waals surface area contributed by atoms with Crippen molar-refractivity contribution >= 4 is 39.1 Å². The number of piperidine rings is 1. The van der Waals surface area contributed by atoms with Crippen molar-refractivity contribution in [2.45, 2.75) is 62.6 Å². The van der Waals surface area contributed by atoms with Gasteiger partial charge in [-0.1, -0.05) is 11.8 Å². The zero-order valence-electron chi connectivity index (χ0n) is 14.3. The second-order valence-corrected chi connectivity index (χ2v) is 8.64. The Bertz CT molecular complexity index is 729. The number of aliphatic hydroxyl groups excluding tert-OH is 1. The highest BCUT2D eigenvalue weighted by Gasteiger charge is 2.28. The van der Waals surface area contributed by atoms with Crippen LogP contribution in [0.4, 0.5) is 5.82 Å². The summed E-state index contributed by atoms with van der Waals surface area (Å²) in [6.45, 7) is 1.31. The fourth-order valence-electron chi connectivity index (χ4n) is 4.15. The highest BCUT2D eigenvalue weighted by molar-refractivity contribution is 7.98. The molecule has 0 saturated carbocycles. The molecule has 2 aromatic heterocycles. The summed E-state index contributed by atoms with van der Waals surface area (Å²) in [5, 5.41) is 11.7. The second-order valence-electron chi connectivity index (χ2n) is 6.78. The number of hydrogen-bond acceptors (Lipinski definition) is 6. The molecule has 1 N–H and O–H groups in total. The predicted octanol–water partition coefficient (Wildman–Crippen LogP) is 4.03. The van der Waals surface area contributed by atoms with Crippen LogP contribution in [0.5, 0.6) is 0 Å². The fraction of sp³-hybridized carbons (Fsp3) is 0.667. The monoisotopic (exact) mass is 363 g/mol. The van der Waals surface area contributed by atoms with Crippen LogP contribution in [-0.4, -0.2) is 40.5 Å². The fourth-order valence-corrected chi connectivity index (χ4v) is 5.82. The maximum Gasteiger partial charge on any atom is 0.190 e. The van der Waals surface area contributed by atoms with Crippen LogP contribution in [0.1, 0.15) is 49.0 Å². The highest BCUT2D eigenvalue weighted by Crippen LogP contribution is 2.42. The molecule has 6 heteroatoms. The Morgan fingerprint density at radius 3 is 2.92 bits per heavy atom. The van der Waals surface area contributed by atoms with Crippen molar-refractivity contribution in [3.8, 4) is 0 Å². The summed E-state index contributed by atoms with van der Waals surface area (Å²) >= 11 is 3.51. The maximum absolute atomic E-state index is 9.49. The maximum atomic E-state index is 9.49. The van der Waals surface area contributed by atoms with Gasteiger partial charge in [0.05, 0.1) is 5.39 Å². The van der Waals surface area contributed by atoms with Crippen molar-refractivity contribution < 1.29 is 5.11 Å². The lowest BCUT2D eigenvalue weighted by Crippen LogP contribution is -2.41. The zero-order valence-corrected chi connectivity index (χ0v) is 15.9. The molecule has 2 aliphatic rings. The van der Waals surface area contributed by atoms with Gasteiger partial charge in [0, 0.05) is 24.1 Å². The first-order valence-electron chi connectivity index (χ1n) is 9.05. The molecule has 130 valence electrons. The molecule has 24 heavy (non-hydrogen) atoms. The van der Waals surface area contributed by atoms with Crippen molar-refractivity contribution in [2.75, 3.05) is 24.3 Å². The first-order valence-corrected chi connectivity index (χ1v) is 11.1. The topological polar surface area (TPSA) is 49.2 Å². The first-order chi connectivity index (χ1) is 11.8. The number of anilines is 1. The van der Waals surface area contributed by atoms with Gasteiger partial charge in [0.25, 0.3) is 0 Å². The Morgan fingerprint density at radius 1 is 1.21 bits per heavy atom. The lowest BCUT2D eigenvalue weighted by molar-refractivity contribution is 0.262. The third kappa shape index (κ3) is 2.93. The van der Waals surface area contributed by atoms with E-state index in [-0.39, 0.29) is 6.61 Å². The molecule has 0 spiro atoms. The molecule has 4 nitrogen and oxygen atoms in total. The van der Waals surface area contributed by atoms with Crippen molar-refractivity contribution in [1.82, 2.24) is 9.97 Å². The molecule has 1 aliphatic heterocycles. The summed E-state index contributed by atoms with van der Waals surface area (Å²) < 4.78 is 0. The van der Waals surface area contributed by atoms with Crippen LogP contribution in [0.15, 0.2) is 5.16 Å². The predicted molar refractivity (Wildman–Crippen MR) is 103 cm³/mol. The standard InChI is InChI=1S/C18H25N3OS2/c1-23-18-19-16(21-10-5-4-6-12(21)9-11-22)15-13-7-2-3-8-14(13)24-17(15)20-18/h12,22H,2-11H2,1H3. The second kappa shape index (κ2) is 7.18. The van der Waals surface area contributed by atoms with Gasteiger partial charge in [-0.15, -0.1) is 11.3 Å². The van der Waals surface area contributed by atoms with Gasteiger partial charge in [-0.3, -0.25) is 0 Å². The van der Waals surface area contributed by atoms with Crippen LogP contribution in [0.3, 0.4) is 0 Å². The molecular formula is C18H25N3OS2. The van der Waals surface area contributed by atoms with E-state index >= 15 is 0 Å². The lowest BCUT2D eigenvalue weighted by Gasteiger charge is -2.37. The largest absolute Gasteiger partial charge is 0.396 e. The Labute approximate surface area is 151 Å². The normalized spacial score (nSPS) is 21.2. The van der Waals surface area contributed by atoms with E-state index in [1.807, 2.05) is 11.3 Å². The van der Waals surface area contributed by atoms with E-state index < -0.39 is 0 Å². The number of aromatic nitrogens is 2.